The number of hydrogen-bond acceptors (Lipinski definition) is 7. The Morgan fingerprint density at radius 3 is 3.04 bits per heavy atom. The van der Waals surface area contributed by atoms with E-state index in [1.807, 2.05) is 12.1 Å². The Morgan fingerprint density at radius 1 is 1.39 bits per heavy atom. The zero-order chi connectivity index (χ0) is 19.5. The number of carbonyl (C=O) groups excluding carboxylic acids is 3. The number of rotatable bonds is 6. The van der Waals surface area contributed by atoms with Crippen LogP contribution in [0.4, 0.5) is 5.69 Å². The molecule has 148 valence electrons. The molecular weight excluding hydrogens is 400 g/mol. The van der Waals surface area contributed by atoms with Crippen LogP contribution in [0.2, 0.25) is 0 Å². The predicted molar refractivity (Wildman–Crippen MR) is 107 cm³/mol. The number of hydrogen-bond donors (Lipinski definition) is 3. The second-order valence-electron chi connectivity index (χ2n) is 6.77. The molecule has 2 fully saturated rings. The van der Waals surface area contributed by atoms with Crippen LogP contribution in [-0.2, 0) is 19.1 Å². The van der Waals surface area contributed by atoms with Crippen LogP contribution in [0.3, 0.4) is 0 Å². The van der Waals surface area contributed by atoms with E-state index < -0.39 is 0 Å². The number of amides is 3. The van der Waals surface area contributed by atoms with Crippen molar-refractivity contribution in [1.82, 2.24) is 15.6 Å². The van der Waals surface area contributed by atoms with Crippen LogP contribution in [0.5, 0.6) is 0 Å². The summed E-state index contributed by atoms with van der Waals surface area (Å²) in [5.41, 5.74) is 1.50. The van der Waals surface area contributed by atoms with E-state index >= 15 is 0 Å². The quantitative estimate of drug-likeness (QED) is 0.609. The van der Waals surface area contributed by atoms with Gasteiger partial charge in [-0.05, 0) is 24.6 Å². The Kier molecular flexibility index (Phi) is 5.79. The highest BCUT2D eigenvalue weighted by Crippen LogP contribution is 2.31. The third kappa shape index (κ3) is 4.62. The molecule has 1 aromatic heterocycles. The number of ether oxygens (including phenoxy) is 1. The second-order valence-corrected chi connectivity index (χ2v) is 9.03. The van der Waals surface area contributed by atoms with E-state index in [4.69, 9.17) is 4.74 Å². The SMILES string of the molecule is O=C1C[C@H](C(=O)Nc2ccc3nc(SCC(=O)N[C@H]4CCOC4)sc3c2)CN1. The summed E-state index contributed by atoms with van der Waals surface area (Å²) in [4.78, 5) is 40.1. The van der Waals surface area contributed by atoms with Crippen molar-refractivity contribution in [2.45, 2.75) is 23.2 Å². The van der Waals surface area contributed by atoms with Crippen molar-refractivity contribution in [3.8, 4) is 0 Å². The van der Waals surface area contributed by atoms with Crippen LogP contribution < -0.4 is 16.0 Å². The van der Waals surface area contributed by atoms with E-state index in [1.54, 1.807) is 6.07 Å². The van der Waals surface area contributed by atoms with Crippen molar-refractivity contribution in [3.63, 3.8) is 0 Å². The standard InChI is InChI=1S/C18H20N4O4S2/c23-15-5-10(7-19-15)17(25)21-11-1-2-13-14(6-11)28-18(22-13)27-9-16(24)20-12-3-4-26-8-12/h1-2,6,10,12H,3-5,7-9H2,(H,19,23)(H,20,24)(H,21,25)/t10-,12-/m0/s1. The number of aromatic nitrogens is 1. The average molecular weight is 421 g/mol. The maximum absolute atomic E-state index is 12.2. The lowest BCUT2D eigenvalue weighted by Gasteiger charge is -2.09. The van der Waals surface area contributed by atoms with Crippen LogP contribution in [0.15, 0.2) is 22.5 Å². The van der Waals surface area contributed by atoms with Crippen LogP contribution in [0.25, 0.3) is 10.2 Å². The summed E-state index contributed by atoms with van der Waals surface area (Å²) < 4.78 is 7.00. The van der Waals surface area contributed by atoms with Gasteiger partial charge in [0.2, 0.25) is 17.7 Å². The molecule has 10 heteroatoms. The first-order chi connectivity index (χ1) is 13.6. The molecule has 3 heterocycles. The molecule has 0 aliphatic carbocycles. The molecule has 2 atom stereocenters. The van der Waals surface area contributed by atoms with Gasteiger partial charge >= 0.3 is 0 Å². The minimum absolute atomic E-state index is 0.0209. The summed E-state index contributed by atoms with van der Waals surface area (Å²) in [7, 11) is 0. The van der Waals surface area contributed by atoms with E-state index in [-0.39, 0.29) is 36.1 Å². The fourth-order valence-electron chi connectivity index (χ4n) is 3.12. The lowest BCUT2D eigenvalue weighted by Crippen LogP contribution is -2.36. The lowest BCUT2D eigenvalue weighted by molar-refractivity contribution is -0.123. The van der Waals surface area contributed by atoms with Crippen LogP contribution in [0, 0.1) is 5.92 Å². The summed E-state index contributed by atoms with van der Waals surface area (Å²) >= 11 is 2.88. The fourth-order valence-corrected chi connectivity index (χ4v) is 5.04. The fraction of sp³-hybridized carbons (Fsp3) is 0.444. The predicted octanol–water partition coefficient (Wildman–Crippen LogP) is 1.37. The van der Waals surface area contributed by atoms with Gasteiger partial charge in [0.15, 0.2) is 4.34 Å². The zero-order valence-corrected chi connectivity index (χ0v) is 16.7. The summed E-state index contributed by atoms with van der Waals surface area (Å²) in [6.45, 7) is 1.66. The Hall–Kier alpha value is -2.17. The Labute approximate surface area is 169 Å². The molecule has 0 spiro atoms. The van der Waals surface area contributed by atoms with Crippen molar-refractivity contribution in [1.29, 1.82) is 0 Å². The molecule has 2 aliphatic heterocycles. The van der Waals surface area contributed by atoms with Crippen molar-refractivity contribution in [2.75, 3.05) is 30.8 Å². The molecule has 8 nitrogen and oxygen atoms in total. The molecule has 2 aliphatic rings. The summed E-state index contributed by atoms with van der Waals surface area (Å²) in [6, 6.07) is 5.62. The molecule has 3 amide bonds. The van der Waals surface area contributed by atoms with E-state index in [0.29, 0.717) is 31.2 Å². The van der Waals surface area contributed by atoms with Gasteiger partial charge in [0.05, 0.1) is 34.5 Å². The van der Waals surface area contributed by atoms with Gasteiger partial charge in [-0.2, -0.15) is 0 Å². The maximum atomic E-state index is 12.2. The lowest BCUT2D eigenvalue weighted by atomic mass is 10.1. The molecule has 2 saturated heterocycles. The zero-order valence-electron chi connectivity index (χ0n) is 15.0. The first-order valence-corrected chi connectivity index (χ1v) is 10.8. The number of nitrogens with zero attached hydrogens (tertiary/aromatic N) is 1. The second kappa shape index (κ2) is 8.46. The molecule has 28 heavy (non-hydrogen) atoms. The monoisotopic (exact) mass is 420 g/mol. The van der Waals surface area contributed by atoms with E-state index in [1.165, 1.54) is 23.1 Å². The van der Waals surface area contributed by atoms with Gasteiger partial charge in [0, 0.05) is 25.3 Å². The third-order valence-electron chi connectivity index (χ3n) is 4.61. The van der Waals surface area contributed by atoms with Crippen molar-refractivity contribution >= 4 is 56.7 Å². The van der Waals surface area contributed by atoms with Crippen LogP contribution >= 0.6 is 23.1 Å². The first-order valence-electron chi connectivity index (χ1n) is 9.05. The van der Waals surface area contributed by atoms with Crippen molar-refractivity contribution < 1.29 is 19.1 Å². The normalized spacial score (nSPS) is 21.6. The molecule has 0 saturated carbocycles. The molecule has 4 rings (SSSR count). The van der Waals surface area contributed by atoms with Crippen molar-refractivity contribution in [3.05, 3.63) is 18.2 Å². The van der Waals surface area contributed by atoms with Gasteiger partial charge < -0.3 is 20.7 Å². The summed E-state index contributed by atoms with van der Waals surface area (Å²) in [5, 5.41) is 8.49. The summed E-state index contributed by atoms with van der Waals surface area (Å²) in [6.07, 6.45) is 1.08. The topological polar surface area (TPSA) is 109 Å². The number of thiazole rings is 1. The van der Waals surface area contributed by atoms with E-state index in [0.717, 1.165) is 21.0 Å². The van der Waals surface area contributed by atoms with Gasteiger partial charge in [-0.15, -0.1) is 11.3 Å². The molecule has 0 radical (unpaired) electrons. The van der Waals surface area contributed by atoms with Gasteiger partial charge in [0.25, 0.3) is 0 Å². The molecule has 1 aromatic carbocycles. The number of fused-ring (bicyclic) bond motifs is 1. The first kappa shape index (κ1) is 19.2. The number of benzene rings is 1. The highest BCUT2D eigenvalue weighted by molar-refractivity contribution is 8.01. The van der Waals surface area contributed by atoms with Gasteiger partial charge in [0.1, 0.15) is 0 Å². The minimum Gasteiger partial charge on any atom is -0.379 e. The maximum Gasteiger partial charge on any atom is 0.230 e. The molecule has 2 aromatic rings. The van der Waals surface area contributed by atoms with Crippen LogP contribution in [-0.4, -0.2) is 54.3 Å². The minimum atomic E-state index is -0.334. The molecule has 0 bridgehead atoms. The molecule has 3 N–H and O–H groups in total. The van der Waals surface area contributed by atoms with Crippen molar-refractivity contribution in [2.24, 2.45) is 5.92 Å². The largest absolute Gasteiger partial charge is 0.379 e. The number of anilines is 1. The van der Waals surface area contributed by atoms with E-state index in [9.17, 15) is 14.4 Å². The molecular formula is C18H20N4O4S2. The third-order valence-corrected chi connectivity index (χ3v) is 6.77. The number of thioether (sulfide) groups is 1. The molecule has 0 unspecified atom stereocenters. The number of nitrogens with one attached hydrogen (secondary N) is 3. The Bertz CT molecular complexity index is 910. The van der Waals surface area contributed by atoms with E-state index in [2.05, 4.69) is 20.9 Å². The smallest absolute Gasteiger partial charge is 0.230 e. The summed E-state index contributed by atoms with van der Waals surface area (Å²) in [5.74, 6) is -0.302. The van der Waals surface area contributed by atoms with Crippen LogP contribution in [0.1, 0.15) is 12.8 Å². The highest BCUT2D eigenvalue weighted by atomic mass is 32.2. The average Bonchev–Trinajstić information content (AvgIpc) is 3.40. The highest BCUT2D eigenvalue weighted by Gasteiger charge is 2.28. The van der Waals surface area contributed by atoms with Gasteiger partial charge in [-0.25, -0.2) is 4.98 Å². The van der Waals surface area contributed by atoms with Gasteiger partial charge in [-0.1, -0.05) is 11.8 Å². The van der Waals surface area contributed by atoms with Gasteiger partial charge in [-0.3, -0.25) is 14.4 Å². The number of carbonyl (C=O) groups is 3. The Morgan fingerprint density at radius 2 is 2.29 bits per heavy atom. The Balaban J connectivity index is 1.34.